The van der Waals surface area contributed by atoms with Crippen molar-refractivity contribution in [2.75, 3.05) is 13.7 Å². The molecule has 1 fully saturated rings. The molecule has 1 aromatic rings. The molecule has 36 heavy (non-hydrogen) atoms. The average Bonchev–Trinajstić information content (AvgIpc) is 3.09. The van der Waals surface area contributed by atoms with Crippen LogP contribution in [0, 0.1) is 17.8 Å². The average molecular weight is 556 g/mol. The standard InChI is InChI=1S/C26H22BrNO8/c1-36-19-8-11(29)2-3-13(19)21-12-4-5-14-22(26(35)28(25(14)34)7-6-20(31)32)15(12)9-16-23(21)18(30)10-17(27)24(16)33/h2-4,8,10,14-15,21-22,29H,5-7,9H2,1H3,(H,31,32). The molecule has 0 saturated carbocycles. The summed E-state index contributed by atoms with van der Waals surface area (Å²) >= 11 is 3.18. The number of fused-ring (bicyclic) bond motifs is 3. The van der Waals surface area contributed by atoms with Crippen LogP contribution in [0.4, 0.5) is 0 Å². The van der Waals surface area contributed by atoms with Crippen molar-refractivity contribution in [1.29, 1.82) is 0 Å². The summed E-state index contributed by atoms with van der Waals surface area (Å²) in [6.45, 7) is -0.211. The molecule has 5 rings (SSSR count). The summed E-state index contributed by atoms with van der Waals surface area (Å²) in [7, 11) is 1.43. The van der Waals surface area contributed by atoms with Crippen molar-refractivity contribution in [2.24, 2.45) is 17.8 Å². The zero-order valence-electron chi connectivity index (χ0n) is 19.2. The van der Waals surface area contributed by atoms with Crippen LogP contribution in [0.1, 0.15) is 30.7 Å². The van der Waals surface area contributed by atoms with Crippen LogP contribution in [-0.2, 0) is 24.0 Å². The maximum atomic E-state index is 13.4. The lowest BCUT2D eigenvalue weighted by molar-refractivity contribution is -0.142. The lowest BCUT2D eigenvalue weighted by Crippen LogP contribution is -2.39. The predicted molar refractivity (Wildman–Crippen MR) is 128 cm³/mol. The number of rotatable bonds is 5. The SMILES string of the molecule is COc1cc(O)ccc1C1C2=CCC3C(=O)N(CCC(=O)O)C(=O)C3C2CC2=C1C(=O)C=C(Br)C2=O. The van der Waals surface area contributed by atoms with Gasteiger partial charge in [-0.3, -0.25) is 28.9 Å². The van der Waals surface area contributed by atoms with E-state index in [0.717, 1.165) is 10.5 Å². The van der Waals surface area contributed by atoms with E-state index in [4.69, 9.17) is 9.84 Å². The number of carboxylic acids is 1. The van der Waals surface area contributed by atoms with Crippen LogP contribution in [0.25, 0.3) is 0 Å². The number of methoxy groups -OCH3 is 1. The number of ether oxygens (including phenoxy) is 1. The Labute approximate surface area is 214 Å². The number of aromatic hydroxyl groups is 1. The topological polar surface area (TPSA) is 138 Å². The molecule has 1 aromatic carbocycles. The molecule has 9 nitrogen and oxygen atoms in total. The van der Waals surface area contributed by atoms with Crippen LogP contribution in [0.15, 0.2) is 51.6 Å². The number of nitrogens with zero attached hydrogens (tertiary/aromatic N) is 1. The molecule has 0 bridgehead atoms. The Morgan fingerprint density at radius 3 is 2.61 bits per heavy atom. The first-order valence-corrected chi connectivity index (χ1v) is 12.3. The normalized spacial score (nSPS) is 27.3. The number of aliphatic carboxylic acids is 1. The number of carbonyl (C=O) groups excluding carboxylic acids is 4. The number of amides is 2. The van der Waals surface area contributed by atoms with Gasteiger partial charge in [0.1, 0.15) is 11.5 Å². The van der Waals surface area contributed by atoms with E-state index in [1.165, 1.54) is 25.3 Å². The fourth-order valence-corrected chi connectivity index (χ4v) is 6.44. The van der Waals surface area contributed by atoms with Gasteiger partial charge in [0.15, 0.2) is 11.6 Å². The first-order valence-electron chi connectivity index (χ1n) is 11.5. The number of allylic oxidation sites excluding steroid dienone is 6. The lowest BCUT2D eigenvalue weighted by atomic mass is 9.59. The van der Waals surface area contributed by atoms with E-state index in [1.54, 1.807) is 6.07 Å². The number of hydrogen-bond donors (Lipinski definition) is 2. The molecule has 3 aliphatic carbocycles. The number of likely N-dealkylation sites (tertiary alicyclic amines) is 1. The van der Waals surface area contributed by atoms with Gasteiger partial charge in [0.05, 0.1) is 29.8 Å². The zero-order valence-corrected chi connectivity index (χ0v) is 20.8. The largest absolute Gasteiger partial charge is 0.508 e. The summed E-state index contributed by atoms with van der Waals surface area (Å²) in [4.78, 5) is 65.0. The van der Waals surface area contributed by atoms with Gasteiger partial charge < -0.3 is 14.9 Å². The van der Waals surface area contributed by atoms with E-state index in [2.05, 4.69) is 15.9 Å². The summed E-state index contributed by atoms with van der Waals surface area (Å²) < 4.78 is 5.63. The van der Waals surface area contributed by atoms with Crippen molar-refractivity contribution in [1.82, 2.24) is 4.90 Å². The second-order valence-electron chi connectivity index (χ2n) is 9.29. The maximum Gasteiger partial charge on any atom is 0.305 e. The third-order valence-electron chi connectivity index (χ3n) is 7.50. The van der Waals surface area contributed by atoms with Gasteiger partial charge in [-0.25, -0.2) is 0 Å². The van der Waals surface area contributed by atoms with Crippen LogP contribution >= 0.6 is 15.9 Å². The first-order chi connectivity index (χ1) is 17.1. The maximum absolute atomic E-state index is 13.4. The highest BCUT2D eigenvalue weighted by atomic mass is 79.9. The molecule has 0 aromatic heterocycles. The van der Waals surface area contributed by atoms with Gasteiger partial charge >= 0.3 is 5.97 Å². The number of halogens is 1. The van der Waals surface area contributed by atoms with Crippen LogP contribution in [0.2, 0.25) is 0 Å². The molecule has 186 valence electrons. The summed E-state index contributed by atoms with van der Waals surface area (Å²) in [6.07, 6.45) is 3.12. The van der Waals surface area contributed by atoms with Crippen molar-refractivity contribution in [3.8, 4) is 11.5 Å². The predicted octanol–water partition coefficient (Wildman–Crippen LogP) is 2.64. The number of benzene rings is 1. The highest BCUT2D eigenvalue weighted by molar-refractivity contribution is 9.12. The molecule has 4 atom stereocenters. The Kier molecular flexibility index (Phi) is 5.94. The van der Waals surface area contributed by atoms with Gasteiger partial charge in [-0.2, -0.15) is 0 Å². The molecular weight excluding hydrogens is 534 g/mol. The minimum absolute atomic E-state index is 0.0332. The molecule has 1 saturated heterocycles. The van der Waals surface area contributed by atoms with Crippen LogP contribution < -0.4 is 4.74 Å². The van der Waals surface area contributed by atoms with Gasteiger partial charge in [0.25, 0.3) is 0 Å². The number of imide groups is 1. The number of hydrogen-bond acceptors (Lipinski definition) is 7. The number of carbonyl (C=O) groups is 5. The van der Waals surface area contributed by atoms with Crippen molar-refractivity contribution >= 4 is 45.3 Å². The zero-order chi connectivity index (χ0) is 25.9. The summed E-state index contributed by atoms with van der Waals surface area (Å²) in [5.74, 6) is -5.04. The van der Waals surface area contributed by atoms with Gasteiger partial charge in [-0.15, -0.1) is 0 Å². The van der Waals surface area contributed by atoms with Crippen molar-refractivity contribution in [3.05, 3.63) is 57.1 Å². The molecule has 2 N–H and O–H groups in total. The summed E-state index contributed by atoms with van der Waals surface area (Å²) in [5.41, 5.74) is 1.88. The number of ketones is 2. The van der Waals surface area contributed by atoms with Crippen molar-refractivity contribution in [3.63, 3.8) is 0 Å². The van der Waals surface area contributed by atoms with E-state index < -0.39 is 41.5 Å². The molecule has 4 unspecified atom stereocenters. The number of Topliss-reactive ketones (excluding diaryl/α,β-unsaturated/α-hetero) is 1. The highest BCUT2D eigenvalue weighted by Crippen LogP contribution is 2.56. The Morgan fingerprint density at radius 2 is 1.92 bits per heavy atom. The van der Waals surface area contributed by atoms with Crippen LogP contribution in [0.3, 0.4) is 0 Å². The van der Waals surface area contributed by atoms with Crippen molar-refractivity contribution in [2.45, 2.75) is 25.2 Å². The van der Waals surface area contributed by atoms with Crippen LogP contribution in [-0.4, -0.2) is 58.1 Å². The van der Waals surface area contributed by atoms with E-state index >= 15 is 0 Å². The Balaban J connectivity index is 1.65. The number of phenolic OH excluding ortho intramolecular Hbond substituents is 1. The third kappa shape index (κ3) is 3.62. The monoisotopic (exact) mass is 555 g/mol. The molecule has 0 spiro atoms. The fourth-order valence-electron chi connectivity index (χ4n) is 5.99. The Bertz CT molecular complexity index is 1340. The first kappa shape index (κ1) is 24.2. The van der Waals surface area contributed by atoms with Gasteiger partial charge in [0, 0.05) is 41.3 Å². The Hall–Kier alpha value is -3.53. The van der Waals surface area contributed by atoms with E-state index in [9.17, 15) is 29.1 Å². The fraction of sp³-hybridized carbons (Fsp3) is 0.346. The van der Waals surface area contributed by atoms with Gasteiger partial charge in [0.2, 0.25) is 11.8 Å². The molecule has 0 radical (unpaired) electrons. The number of phenols is 1. The van der Waals surface area contributed by atoms with E-state index in [0.29, 0.717) is 16.9 Å². The highest BCUT2D eigenvalue weighted by Gasteiger charge is 2.56. The number of carboxylic acid groups (broad SMARTS) is 1. The second-order valence-corrected chi connectivity index (χ2v) is 10.1. The smallest absolute Gasteiger partial charge is 0.305 e. The molecule has 2 amide bonds. The molecule has 1 aliphatic heterocycles. The molecule has 1 heterocycles. The molecule has 10 heteroatoms. The quantitative estimate of drug-likeness (QED) is 0.321. The second kappa shape index (κ2) is 8.85. The Morgan fingerprint density at radius 1 is 1.17 bits per heavy atom. The minimum Gasteiger partial charge on any atom is -0.508 e. The summed E-state index contributed by atoms with van der Waals surface area (Å²) in [6, 6.07) is 4.52. The van der Waals surface area contributed by atoms with E-state index in [1.807, 2.05) is 6.08 Å². The third-order valence-corrected chi connectivity index (χ3v) is 8.09. The van der Waals surface area contributed by atoms with E-state index in [-0.39, 0.29) is 53.2 Å². The summed E-state index contributed by atoms with van der Waals surface area (Å²) in [5, 5.41) is 19.0. The molecule has 4 aliphatic rings. The van der Waals surface area contributed by atoms with Crippen molar-refractivity contribution < 1.29 is 38.9 Å². The lowest BCUT2D eigenvalue weighted by Gasteiger charge is -2.42. The van der Waals surface area contributed by atoms with Crippen LogP contribution in [0.5, 0.6) is 11.5 Å². The van der Waals surface area contributed by atoms with Gasteiger partial charge in [-0.1, -0.05) is 17.7 Å². The van der Waals surface area contributed by atoms with Gasteiger partial charge in [-0.05, 0) is 40.8 Å². The molecular formula is C26H22BrNO8. The minimum atomic E-state index is -1.11.